The van der Waals surface area contributed by atoms with Crippen molar-refractivity contribution in [1.29, 1.82) is 0 Å². The highest BCUT2D eigenvalue weighted by Crippen LogP contribution is 2.41. The van der Waals surface area contributed by atoms with Gasteiger partial charge in [0.15, 0.2) is 11.5 Å². The molecule has 8 nitrogen and oxygen atoms in total. The average molecular weight is 774 g/mol. The van der Waals surface area contributed by atoms with Gasteiger partial charge in [0.05, 0.1) is 31.7 Å². The molecule has 1 N–H and O–H groups in total. The molecule has 276 valence electrons. The quantitative estimate of drug-likeness (QED) is 0.108. The maximum atomic E-state index is 14.8. The number of hydrogen-bond donors (Lipinski definition) is 1. The summed E-state index contributed by atoms with van der Waals surface area (Å²) in [5.74, 6) is 0.951. The van der Waals surface area contributed by atoms with Crippen molar-refractivity contribution in [2.24, 2.45) is 0 Å². The molecule has 53 heavy (non-hydrogen) atoms. The zero-order chi connectivity index (χ0) is 37.4. The lowest BCUT2D eigenvalue weighted by atomic mass is 9.87. The van der Waals surface area contributed by atoms with E-state index in [1.807, 2.05) is 77.7 Å². The number of benzene rings is 5. The molecule has 1 amide bonds. The van der Waals surface area contributed by atoms with Crippen molar-refractivity contribution in [1.82, 2.24) is 14.5 Å². The van der Waals surface area contributed by atoms with E-state index in [4.69, 9.17) is 21.1 Å². The number of carbonyl (C=O) groups excluding carboxylic acids is 1. The van der Waals surface area contributed by atoms with Crippen LogP contribution in [-0.2, 0) is 34.3 Å². The van der Waals surface area contributed by atoms with Crippen LogP contribution in [0.25, 0.3) is 0 Å². The van der Waals surface area contributed by atoms with Gasteiger partial charge in [0.1, 0.15) is 5.82 Å². The van der Waals surface area contributed by atoms with Crippen LogP contribution in [0.4, 0.5) is 4.39 Å². The number of nitrogens with zero attached hydrogens (tertiary/aromatic N) is 2. The van der Waals surface area contributed by atoms with Crippen LogP contribution in [-0.4, -0.2) is 63.7 Å². The van der Waals surface area contributed by atoms with Crippen molar-refractivity contribution in [3.8, 4) is 11.5 Å². The SMILES string of the molecule is COc1cc2c(cc1OC)C(c1ccccc1)N(CC(=O)NS(=O)(=O)c1ccc(CN(CCSc3ccccc3)Cc3c(F)cccc3Cl)cc1)CC2. The Hall–Kier alpha value is -4.39. The molecule has 0 aliphatic carbocycles. The van der Waals surface area contributed by atoms with Gasteiger partial charge >= 0.3 is 0 Å². The molecule has 0 spiro atoms. The summed E-state index contributed by atoms with van der Waals surface area (Å²) in [7, 11) is -0.992. The molecule has 6 rings (SSSR count). The topological polar surface area (TPSA) is 88.2 Å². The first kappa shape index (κ1) is 38.3. The van der Waals surface area contributed by atoms with Crippen LogP contribution in [0.15, 0.2) is 125 Å². The molecule has 12 heteroatoms. The van der Waals surface area contributed by atoms with E-state index in [1.165, 1.54) is 18.2 Å². The molecule has 0 saturated carbocycles. The Morgan fingerprint density at radius 3 is 2.26 bits per heavy atom. The summed E-state index contributed by atoms with van der Waals surface area (Å²) < 4.78 is 55.1. The smallest absolute Gasteiger partial charge is 0.264 e. The number of methoxy groups -OCH3 is 2. The summed E-state index contributed by atoms with van der Waals surface area (Å²) in [4.78, 5) is 18.6. The molecule has 0 bridgehead atoms. The largest absolute Gasteiger partial charge is 0.493 e. The number of thioether (sulfide) groups is 1. The fourth-order valence-corrected chi connectivity index (χ4v) is 8.72. The van der Waals surface area contributed by atoms with Crippen molar-refractivity contribution in [3.63, 3.8) is 0 Å². The van der Waals surface area contributed by atoms with Gasteiger partial charge in [-0.3, -0.25) is 14.6 Å². The first-order valence-corrected chi connectivity index (χ1v) is 20.0. The predicted molar refractivity (Wildman–Crippen MR) is 208 cm³/mol. The van der Waals surface area contributed by atoms with Gasteiger partial charge in [0, 0.05) is 47.4 Å². The maximum absolute atomic E-state index is 14.8. The number of amides is 1. The second-order valence-corrected chi connectivity index (χ2v) is 15.9. The van der Waals surface area contributed by atoms with E-state index in [1.54, 1.807) is 50.2 Å². The van der Waals surface area contributed by atoms with Crippen LogP contribution >= 0.6 is 23.4 Å². The van der Waals surface area contributed by atoms with Crippen molar-refractivity contribution in [2.45, 2.75) is 35.3 Å². The van der Waals surface area contributed by atoms with Crippen molar-refractivity contribution in [3.05, 3.63) is 154 Å². The van der Waals surface area contributed by atoms with Crippen LogP contribution in [0.2, 0.25) is 5.02 Å². The van der Waals surface area contributed by atoms with Crippen molar-refractivity contribution < 1.29 is 27.1 Å². The number of rotatable bonds is 15. The third-order valence-corrected chi connectivity index (χ3v) is 11.9. The van der Waals surface area contributed by atoms with E-state index < -0.39 is 15.9 Å². The predicted octanol–water partition coefficient (Wildman–Crippen LogP) is 7.74. The van der Waals surface area contributed by atoms with Gasteiger partial charge < -0.3 is 9.47 Å². The lowest BCUT2D eigenvalue weighted by molar-refractivity contribution is -0.121. The van der Waals surface area contributed by atoms with Crippen molar-refractivity contribution >= 4 is 39.3 Å². The van der Waals surface area contributed by atoms with Gasteiger partial charge in [0.2, 0.25) is 5.91 Å². The average Bonchev–Trinajstić information content (AvgIpc) is 3.16. The van der Waals surface area contributed by atoms with Gasteiger partial charge in [-0.25, -0.2) is 17.5 Å². The van der Waals surface area contributed by atoms with E-state index in [9.17, 15) is 17.6 Å². The van der Waals surface area contributed by atoms with Gasteiger partial charge in [-0.15, -0.1) is 11.8 Å². The molecule has 0 radical (unpaired) electrons. The second-order valence-electron chi connectivity index (χ2n) is 12.7. The fraction of sp³-hybridized carbons (Fsp3) is 0.244. The van der Waals surface area contributed by atoms with Gasteiger partial charge in [-0.1, -0.05) is 78.3 Å². The summed E-state index contributed by atoms with van der Waals surface area (Å²) in [6.07, 6.45) is 0.644. The van der Waals surface area contributed by atoms with Crippen LogP contribution in [0.1, 0.15) is 33.9 Å². The van der Waals surface area contributed by atoms with E-state index in [-0.39, 0.29) is 29.8 Å². The molecular formula is C41H41ClFN3O5S2. The van der Waals surface area contributed by atoms with E-state index in [0.29, 0.717) is 48.1 Å². The van der Waals surface area contributed by atoms with E-state index in [2.05, 4.69) is 9.62 Å². The summed E-state index contributed by atoms with van der Waals surface area (Å²) in [6.45, 7) is 1.73. The third-order valence-electron chi connectivity index (χ3n) is 9.19. The summed E-state index contributed by atoms with van der Waals surface area (Å²) in [5, 5.41) is 0.353. The first-order chi connectivity index (χ1) is 25.6. The number of sulfonamides is 1. The van der Waals surface area contributed by atoms with Gasteiger partial charge in [0.25, 0.3) is 10.0 Å². The van der Waals surface area contributed by atoms with Crippen LogP contribution in [0.5, 0.6) is 11.5 Å². The first-order valence-electron chi connectivity index (χ1n) is 17.2. The zero-order valence-electron chi connectivity index (χ0n) is 29.5. The molecule has 1 heterocycles. The Morgan fingerprint density at radius 1 is 0.906 bits per heavy atom. The minimum atomic E-state index is -4.17. The Bertz CT molecular complexity index is 2100. The summed E-state index contributed by atoms with van der Waals surface area (Å²) in [5.41, 5.74) is 4.25. The number of ether oxygens (including phenoxy) is 2. The highest BCUT2D eigenvalue weighted by molar-refractivity contribution is 7.99. The number of nitrogens with one attached hydrogen (secondary N) is 1. The highest BCUT2D eigenvalue weighted by atomic mass is 35.5. The number of hydrogen-bond acceptors (Lipinski definition) is 8. The molecule has 5 aromatic carbocycles. The van der Waals surface area contributed by atoms with Crippen LogP contribution in [0.3, 0.4) is 0 Å². The molecular weight excluding hydrogens is 733 g/mol. The standard InChI is InChI=1S/C41H41ClFN3O5S2/c1-50-38-24-31-20-21-46(41(30-10-5-3-6-11-30)34(31)25-39(38)51-2)28-40(47)44-53(48,49)33-18-16-29(17-19-33)26-45(22-23-52-32-12-7-4-8-13-32)27-35-36(42)14-9-15-37(35)43/h3-19,24-25,41H,20-23,26-28H2,1-2H3,(H,44,47). The molecule has 1 aliphatic heterocycles. The maximum Gasteiger partial charge on any atom is 0.264 e. The van der Waals surface area contributed by atoms with E-state index in [0.717, 1.165) is 32.9 Å². The fourth-order valence-electron chi connectivity index (χ4n) is 6.58. The number of carbonyl (C=O) groups is 1. The zero-order valence-corrected chi connectivity index (χ0v) is 31.9. The summed E-state index contributed by atoms with van der Waals surface area (Å²) >= 11 is 8.08. The Morgan fingerprint density at radius 2 is 1.58 bits per heavy atom. The summed E-state index contributed by atoms with van der Waals surface area (Å²) in [6, 6.07) is 34.5. The minimum absolute atomic E-state index is 0.0293. The lowest BCUT2D eigenvalue weighted by Crippen LogP contribution is -2.44. The second kappa shape index (κ2) is 17.6. The van der Waals surface area contributed by atoms with Crippen LogP contribution in [0, 0.1) is 5.82 Å². The number of halogens is 2. The molecule has 0 aromatic heterocycles. The monoisotopic (exact) mass is 773 g/mol. The molecule has 1 aliphatic rings. The van der Waals surface area contributed by atoms with Crippen molar-refractivity contribution in [2.75, 3.05) is 39.6 Å². The Balaban J connectivity index is 1.14. The van der Waals surface area contributed by atoms with E-state index >= 15 is 0 Å². The molecule has 0 saturated heterocycles. The lowest BCUT2D eigenvalue weighted by Gasteiger charge is -2.37. The number of fused-ring (bicyclic) bond motifs is 1. The molecule has 0 fully saturated rings. The molecule has 1 unspecified atom stereocenters. The van der Waals surface area contributed by atoms with Gasteiger partial charge in [-0.2, -0.15) is 0 Å². The normalized spacial score (nSPS) is 14.5. The molecule has 5 aromatic rings. The Kier molecular flexibility index (Phi) is 12.7. The third kappa shape index (κ3) is 9.59. The van der Waals surface area contributed by atoms with Crippen LogP contribution < -0.4 is 14.2 Å². The van der Waals surface area contributed by atoms with Gasteiger partial charge in [-0.05, 0) is 77.2 Å². The minimum Gasteiger partial charge on any atom is -0.493 e. The Labute approximate surface area is 319 Å². The molecule has 1 atom stereocenters. The highest BCUT2D eigenvalue weighted by Gasteiger charge is 2.32.